The number of benzene rings is 1. The normalized spacial score (nSPS) is 12.2. The van der Waals surface area contributed by atoms with Crippen molar-refractivity contribution in [2.24, 2.45) is 5.73 Å². The molecule has 1 unspecified atom stereocenters. The zero-order chi connectivity index (χ0) is 13.8. The van der Waals surface area contributed by atoms with Crippen molar-refractivity contribution < 1.29 is 9.13 Å². The number of ether oxygens (including phenoxy) is 1. The van der Waals surface area contributed by atoms with E-state index in [2.05, 4.69) is 18.3 Å². The van der Waals surface area contributed by atoms with Gasteiger partial charge in [-0.2, -0.15) is 0 Å². The molecule has 0 aliphatic carbocycles. The number of methoxy groups -OCH3 is 1. The molecule has 2 aromatic rings. The van der Waals surface area contributed by atoms with Crippen molar-refractivity contribution in [2.75, 3.05) is 19.0 Å². The molecule has 1 aromatic carbocycles. The summed E-state index contributed by atoms with van der Waals surface area (Å²) in [6.45, 7) is 2.53. The molecule has 0 saturated heterocycles. The molecule has 1 aromatic heterocycles. The second kappa shape index (κ2) is 6.04. The Balaban J connectivity index is 2.21. The number of hydrogen-bond acceptors (Lipinski definition) is 4. The summed E-state index contributed by atoms with van der Waals surface area (Å²) in [6.07, 6.45) is 0. The van der Waals surface area contributed by atoms with E-state index in [0.717, 1.165) is 5.69 Å². The van der Waals surface area contributed by atoms with Crippen LogP contribution < -0.4 is 15.8 Å². The SMILES string of the molecule is COc1cc(NC(CN)c2sccc2C)ccc1F. The van der Waals surface area contributed by atoms with Crippen LogP contribution in [0.4, 0.5) is 10.1 Å². The Morgan fingerprint density at radius 3 is 2.79 bits per heavy atom. The molecule has 2 rings (SSSR count). The van der Waals surface area contributed by atoms with Gasteiger partial charge in [0.05, 0.1) is 13.2 Å². The first-order chi connectivity index (χ1) is 9.15. The highest BCUT2D eigenvalue weighted by Crippen LogP contribution is 2.28. The predicted molar refractivity (Wildman–Crippen MR) is 77.4 cm³/mol. The van der Waals surface area contributed by atoms with Gasteiger partial charge in [-0.15, -0.1) is 11.3 Å². The van der Waals surface area contributed by atoms with Crippen LogP contribution in [0.3, 0.4) is 0 Å². The maximum absolute atomic E-state index is 13.4. The Hall–Kier alpha value is -1.59. The van der Waals surface area contributed by atoms with Crippen LogP contribution in [0.1, 0.15) is 16.5 Å². The lowest BCUT2D eigenvalue weighted by atomic mass is 10.1. The van der Waals surface area contributed by atoms with Gasteiger partial charge < -0.3 is 15.8 Å². The van der Waals surface area contributed by atoms with Gasteiger partial charge in [0.25, 0.3) is 0 Å². The summed E-state index contributed by atoms with van der Waals surface area (Å²) in [5, 5.41) is 5.35. The average Bonchev–Trinajstić information content (AvgIpc) is 2.84. The molecule has 0 aliphatic rings. The summed E-state index contributed by atoms with van der Waals surface area (Å²) in [6, 6.07) is 6.80. The standard InChI is InChI=1S/C14H17FN2OS/c1-9-5-6-19-14(9)12(8-16)17-10-3-4-11(15)13(7-10)18-2/h3-7,12,17H,8,16H2,1-2H3. The number of nitrogens with two attached hydrogens (primary N) is 1. The molecular formula is C14H17FN2OS. The number of halogens is 1. The third kappa shape index (κ3) is 3.05. The van der Waals surface area contributed by atoms with Gasteiger partial charge in [0.1, 0.15) is 0 Å². The first kappa shape index (κ1) is 13.8. The topological polar surface area (TPSA) is 47.3 Å². The number of thiophene rings is 1. The van der Waals surface area contributed by atoms with Gasteiger partial charge in [0.15, 0.2) is 11.6 Å². The van der Waals surface area contributed by atoms with E-state index < -0.39 is 0 Å². The third-order valence-electron chi connectivity index (χ3n) is 2.95. The molecule has 0 bridgehead atoms. The Kier molecular flexibility index (Phi) is 4.39. The fourth-order valence-electron chi connectivity index (χ4n) is 1.92. The van der Waals surface area contributed by atoms with E-state index >= 15 is 0 Å². The first-order valence-electron chi connectivity index (χ1n) is 6.00. The lowest BCUT2D eigenvalue weighted by molar-refractivity contribution is 0.386. The summed E-state index contributed by atoms with van der Waals surface area (Å²) in [5.74, 6) is -0.145. The van der Waals surface area contributed by atoms with Crippen molar-refractivity contribution in [1.82, 2.24) is 0 Å². The number of aryl methyl sites for hydroxylation is 1. The molecule has 19 heavy (non-hydrogen) atoms. The molecule has 0 spiro atoms. The highest BCUT2D eigenvalue weighted by Gasteiger charge is 2.14. The molecule has 0 saturated carbocycles. The average molecular weight is 280 g/mol. The number of anilines is 1. The molecule has 1 heterocycles. The Morgan fingerprint density at radius 2 is 2.21 bits per heavy atom. The Bertz CT molecular complexity index is 556. The predicted octanol–water partition coefficient (Wildman–Crippen LogP) is 3.32. The minimum absolute atomic E-state index is 0.0233. The zero-order valence-electron chi connectivity index (χ0n) is 10.9. The van der Waals surface area contributed by atoms with Gasteiger partial charge in [-0.3, -0.25) is 0 Å². The summed E-state index contributed by atoms with van der Waals surface area (Å²) in [5.41, 5.74) is 7.82. The van der Waals surface area contributed by atoms with Gasteiger partial charge in [-0.25, -0.2) is 4.39 Å². The third-order valence-corrected chi connectivity index (χ3v) is 4.08. The molecule has 3 N–H and O–H groups in total. The monoisotopic (exact) mass is 280 g/mol. The second-order valence-corrected chi connectivity index (χ2v) is 5.20. The molecule has 3 nitrogen and oxygen atoms in total. The summed E-state index contributed by atoms with van der Waals surface area (Å²) in [4.78, 5) is 1.20. The quantitative estimate of drug-likeness (QED) is 0.883. The van der Waals surface area contributed by atoms with Crippen molar-refractivity contribution in [2.45, 2.75) is 13.0 Å². The van der Waals surface area contributed by atoms with Crippen LogP contribution in [0.15, 0.2) is 29.6 Å². The molecule has 5 heteroatoms. The lowest BCUT2D eigenvalue weighted by Gasteiger charge is -2.18. The van der Waals surface area contributed by atoms with E-state index in [-0.39, 0.29) is 17.6 Å². The Labute approximate surface area is 116 Å². The number of rotatable bonds is 5. The van der Waals surface area contributed by atoms with Crippen molar-refractivity contribution in [3.8, 4) is 5.75 Å². The van der Waals surface area contributed by atoms with Gasteiger partial charge in [-0.05, 0) is 36.1 Å². The molecule has 0 amide bonds. The van der Waals surface area contributed by atoms with Gasteiger partial charge in [0.2, 0.25) is 0 Å². The molecule has 102 valence electrons. The molecule has 0 aliphatic heterocycles. The van der Waals surface area contributed by atoms with Crippen molar-refractivity contribution in [1.29, 1.82) is 0 Å². The minimum atomic E-state index is -0.371. The van der Waals surface area contributed by atoms with E-state index in [1.165, 1.54) is 23.6 Å². The summed E-state index contributed by atoms with van der Waals surface area (Å²) < 4.78 is 18.3. The van der Waals surface area contributed by atoms with Crippen LogP contribution in [-0.4, -0.2) is 13.7 Å². The highest BCUT2D eigenvalue weighted by molar-refractivity contribution is 7.10. The highest BCUT2D eigenvalue weighted by atomic mass is 32.1. The van der Waals surface area contributed by atoms with Crippen molar-refractivity contribution in [3.05, 3.63) is 45.9 Å². The van der Waals surface area contributed by atoms with E-state index in [1.807, 2.05) is 5.38 Å². The fraction of sp³-hybridized carbons (Fsp3) is 0.286. The van der Waals surface area contributed by atoms with Crippen LogP contribution in [-0.2, 0) is 0 Å². The largest absolute Gasteiger partial charge is 0.494 e. The zero-order valence-corrected chi connectivity index (χ0v) is 11.8. The fourth-order valence-corrected chi connectivity index (χ4v) is 2.92. The van der Waals surface area contributed by atoms with Crippen molar-refractivity contribution >= 4 is 17.0 Å². The van der Waals surface area contributed by atoms with E-state index in [0.29, 0.717) is 6.54 Å². The molecule has 0 radical (unpaired) electrons. The maximum Gasteiger partial charge on any atom is 0.165 e. The van der Waals surface area contributed by atoms with Crippen LogP contribution in [0.5, 0.6) is 5.75 Å². The van der Waals surface area contributed by atoms with E-state index in [4.69, 9.17) is 10.5 Å². The van der Waals surface area contributed by atoms with E-state index in [1.54, 1.807) is 23.5 Å². The smallest absolute Gasteiger partial charge is 0.165 e. The number of hydrogen-bond donors (Lipinski definition) is 2. The van der Waals surface area contributed by atoms with Gasteiger partial charge in [-0.1, -0.05) is 0 Å². The van der Waals surface area contributed by atoms with Gasteiger partial charge in [0, 0.05) is 23.2 Å². The summed E-state index contributed by atoms with van der Waals surface area (Å²) >= 11 is 1.67. The molecular weight excluding hydrogens is 263 g/mol. The Morgan fingerprint density at radius 1 is 1.42 bits per heavy atom. The van der Waals surface area contributed by atoms with E-state index in [9.17, 15) is 4.39 Å². The number of nitrogens with one attached hydrogen (secondary N) is 1. The van der Waals surface area contributed by atoms with Crippen LogP contribution >= 0.6 is 11.3 Å². The van der Waals surface area contributed by atoms with Gasteiger partial charge >= 0.3 is 0 Å². The van der Waals surface area contributed by atoms with Crippen LogP contribution in [0.25, 0.3) is 0 Å². The van der Waals surface area contributed by atoms with Crippen LogP contribution in [0, 0.1) is 12.7 Å². The van der Waals surface area contributed by atoms with Crippen molar-refractivity contribution in [3.63, 3.8) is 0 Å². The first-order valence-corrected chi connectivity index (χ1v) is 6.87. The second-order valence-electron chi connectivity index (χ2n) is 4.25. The maximum atomic E-state index is 13.4. The van der Waals surface area contributed by atoms with Crippen LogP contribution in [0.2, 0.25) is 0 Å². The summed E-state index contributed by atoms with van der Waals surface area (Å²) in [7, 11) is 1.45. The molecule has 1 atom stereocenters. The molecule has 0 fully saturated rings. The minimum Gasteiger partial charge on any atom is -0.494 e. The lowest BCUT2D eigenvalue weighted by Crippen LogP contribution is -2.20.